The van der Waals surface area contributed by atoms with Gasteiger partial charge in [0.05, 0.1) is 5.69 Å². The lowest BCUT2D eigenvalue weighted by atomic mass is 9.88. The van der Waals surface area contributed by atoms with Crippen molar-refractivity contribution in [3.63, 3.8) is 0 Å². The number of nitrogens with zero attached hydrogens (tertiary/aromatic N) is 1. The lowest BCUT2D eigenvalue weighted by molar-refractivity contribution is 1.31. The molecule has 0 aliphatic rings. The fourth-order valence-electron chi connectivity index (χ4n) is 5.64. The van der Waals surface area contributed by atoms with Crippen LogP contribution in [-0.2, 0) is 0 Å². The van der Waals surface area contributed by atoms with Crippen LogP contribution >= 0.6 is 0 Å². The van der Waals surface area contributed by atoms with Crippen molar-refractivity contribution in [2.24, 2.45) is 0 Å². The second-order valence-corrected chi connectivity index (χ2v) is 9.35. The van der Waals surface area contributed by atoms with E-state index in [1.165, 1.54) is 49.1 Å². The van der Waals surface area contributed by atoms with Gasteiger partial charge in [0.25, 0.3) is 0 Å². The van der Waals surface area contributed by atoms with E-state index in [-0.39, 0.29) is 0 Å². The van der Waals surface area contributed by atoms with Gasteiger partial charge in [-0.05, 0) is 56.9 Å². The van der Waals surface area contributed by atoms with E-state index >= 15 is 0 Å². The Kier molecular flexibility index (Phi) is 5.19. The number of anilines is 3. The molecular weight excluding hydrogens is 446 g/mol. The molecule has 0 heterocycles. The normalized spacial score (nSPS) is 11.2. The molecule has 37 heavy (non-hydrogen) atoms. The van der Waals surface area contributed by atoms with E-state index in [0.717, 1.165) is 11.4 Å². The largest absolute Gasteiger partial charge is 0.309 e. The summed E-state index contributed by atoms with van der Waals surface area (Å²) in [5, 5.41) is 7.51. The summed E-state index contributed by atoms with van der Waals surface area (Å²) in [7, 11) is 0. The maximum Gasteiger partial charge on any atom is 0.0618 e. The van der Waals surface area contributed by atoms with E-state index in [1.54, 1.807) is 0 Å². The fraction of sp³-hybridized carbons (Fsp3) is 0. The first-order chi connectivity index (χ1) is 18.4. The van der Waals surface area contributed by atoms with Gasteiger partial charge in [-0.2, -0.15) is 0 Å². The summed E-state index contributed by atoms with van der Waals surface area (Å²) in [6.45, 7) is 0. The Morgan fingerprint density at radius 3 is 1.32 bits per heavy atom. The summed E-state index contributed by atoms with van der Waals surface area (Å²) < 4.78 is 0. The van der Waals surface area contributed by atoms with E-state index < -0.39 is 0 Å². The van der Waals surface area contributed by atoms with E-state index in [1.807, 2.05) is 0 Å². The summed E-state index contributed by atoms with van der Waals surface area (Å²) in [5.41, 5.74) is 6.03. The first kappa shape index (κ1) is 21.4. The zero-order chi connectivity index (χ0) is 24.6. The average molecular weight is 472 g/mol. The van der Waals surface area contributed by atoms with Crippen molar-refractivity contribution in [1.82, 2.24) is 0 Å². The molecule has 0 fully saturated rings. The van der Waals surface area contributed by atoms with Gasteiger partial charge in [-0.25, -0.2) is 0 Å². The summed E-state index contributed by atoms with van der Waals surface area (Å²) in [4.78, 5) is 2.40. The second-order valence-electron chi connectivity index (χ2n) is 9.35. The Hall–Kier alpha value is -4.88. The topological polar surface area (TPSA) is 3.24 Å². The molecule has 174 valence electrons. The Labute approximate surface area is 216 Å². The zero-order valence-corrected chi connectivity index (χ0v) is 20.4. The molecule has 0 bridgehead atoms. The molecule has 7 aromatic carbocycles. The third-order valence-electron chi connectivity index (χ3n) is 7.21. The van der Waals surface area contributed by atoms with Gasteiger partial charge in [-0.3, -0.25) is 0 Å². The number of fused-ring (bicyclic) bond motifs is 3. The zero-order valence-electron chi connectivity index (χ0n) is 20.4. The smallest absolute Gasteiger partial charge is 0.0618 e. The average Bonchev–Trinajstić information content (AvgIpc) is 2.98. The van der Waals surface area contributed by atoms with Crippen LogP contribution in [-0.4, -0.2) is 0 Å². The molecule has 0 aromatic heterocycles. The van der Waals surface area contributed by atoms with Crippen molar-refractivity contribution in [3.8, 4) is 11.1 Å². The van der Waals surface area contributed by atoms with Crippen LogP contribution in [0.4, 0.5) is 17.1 Å². The molecule has 1 nitrogen and oxygen atoms in total. The number of hydrogen-bond acceptors (Lipinski definition) is 1. The molecule has 0 radical (unpaired) electrons. The van der Waals surface area contributed by atoms with Crippen LogP contribution in [0.3, 0.4) is 0 Å². The molecule has 0 spiro atoms. The lowest BCUT2D eigenvalue weighted by Gasteiger charge is -2.29. The molecule has 7 rings (SSSR count). The number of benzene rings is 7. The van der Waals surface area contributed by atoms with Crippen molar-refractivity contribution in [1.29, 1.82) is 0 Å². The summed E-state index contributed by atoms with van der Waals surface area (Å²) in [6.07, 6.45) is 0. The number of rotatable bonds is 4. The monoisotopic (exact) mass is 471 g/mol. The molecule has 0 atom stereocenters. The van der Waals surface area contributed by atoms with E-state index in [9.17, 15) is 0 Å². The van der Waals surface area contributed by atoms with Crippen LogP contribution in [0.2, 0.25) is 0 Å². The Bertz CT molecular complexity index is 1770. The van der Waals surface area contributed by atoms with Gasteiger partial charge in [-0.1, -0.05) is 127 Å². The van der Waals surface area contributed by atoms with Gasteiger partial charge in [0.1, 0.15) is 0 Å². The van der Waals surface area contributed by atoms with Crippen molar-refractivity contribution in [2.45, 2.75) is 0 Å². The fourth-order valence-corrected chi connectivity index (χ4v) is 5.64. The molecule has 0 aliphatic heterocycles. The molecule has 7 aromatic rings. The predicted octanol–water partition coefficient (Wildman–Crippen LogP) is 10.3. The van der Waals surface area contributed by atoms with Crippen LogP contribution in [0, 0.1) is 0 Å². The molecule has 0 N–H and O–H groups in total. The number of para-hydroxylation sites is 2. The number of hydrogen-bond donors (Lipinski definition) is 0. The Morgan fingerprint density at radius 1 is 0.324 bits per heavy atom. The van der Waals surface area contributed by atoms with Gasteiger partial charge in [0, 0.05) is 22.1 Å². The third kappa shape index (κ3) is 3.56. The maximum absolute atomic E-state index is 2.40. The van der Waals surface area contributed by atoms with Crippen LogP contribution in [0.25, 0.3) is 43.4 Å². The van der Waals surface area contributed by atoms with Crippen LogP contribution in [0.1, 0.15) is 0 Å². The van der Waals surface area contributed by atoms with Gasteiger partial charge in [-0.15, -0.1) is 0 Å². The summed E-state index contributed by atoms with van der Waals surface area (Å²) >= 11 is 0. The highest BCUT2D eigenvalue weighted by Crippen LogP contribution is 2.48. The van der Waals surface area contributed by atoms with Gasteiger partial charge in [0.2, 0.25) is 0 Å². The minimum Gasteiger partial charge on any atom is -0.309 e. The molecule has 0 aliphatic carbocycles. The molecular formula is C36H25N. The standard InChI is InChI=1S/C36H25N/c1-3-16-27(17-4-1)37(28-18-5-2-6-19-28)36-33-23-11-9-21-31(33)35(32-22-10-12-24-34(32)36)30-25-13-15-26-14-7-8-20-29(26)30/h1-25H. The maximum atomic E-state index is 2.40. The molecule has 0 saturated carbocycles. The minimum atomic E-state index is 1.14. The van der Waals surface area contributed by atoms with Gasteiger partial charge in [0.15, 0.2) is 0 Å². The van der Waals surface area contributed by atoms with Crippen molar-refractivity contribution in [3.05, 3.63) is 152 Å². The predicted molar refractivity (Wildman–Crippen MR) is 159 cm³/mol. The Balaban J connectivity index is 1.65. The van der Waals surface area contributed by atoms with E-state index in [4.69, 9.17) is 0 Å². The third-order valence-corrected chi connectivity index (χ3v) is 7.21. The molecule has 1 heteroatoms. The second kappa shape index (κ2) is 8.96. The first-order valence-corrected chi connectivity index (χ1v) is 12.7. The van der Waals surface area contributed by atoms with Gasteiger partial charge >= 0.3 is 0 Å². The van der Waals surface area contributed by atoms with Crippen LogP contribution in [0.5, 0.6) is 0 Å². The van der Waals surface area contributed by atoms with Gasteiger partial charge < -0.3 is 4.90 Å². The first-order valence-electron chi connectivity index (χ1n) is 12.7. The van der Waals surface area contributed by atoms with Crippen molar-refractivity contribution < 1.29 is 0 Å². The highest BCUT2D eigenvalue weighted by Gasteiger charge is 2.22. The van der Waals surface area contributed by atoms with E-state index in [2.05, 4.69) is 157 Å². The molecule has 0 unspecified atom stereocenters. The molecule has 0 saturated heterocycles. The molecule has 0 amide bonds. The van der Waals surface area contributed by atoms with Crippen molar-refractivity contribution in [2.75, 3.05) is 4.90 Å². The van der Waals surface area contributed by atoms with Crippen molar-refractivity contribution >= 4 is 49.4 Å². The minimum absolute atomic E-state index is 1.14. The van der Waals surface area contributed by atoms with Crippen LogP contribution < -0.4 is 4.90 Å². The summed E-state index contributed by atoms with van der Waals surface area (Å²) in [5.74, 6) is 0. The lowest BCUT2D eigenvalue weighted by Crippen LogP contribution is -2.11. The SMILES string of the molecule is c1ccc(N(c2ccccc2)c2c3ccccc3c(-c3cccc4ccccc34)c3ccccc23)cc1. The Morgan fingerprint density at radius 2 is 0.757 bits per heavy atom. The highest BCUT2D eigenvalue weighted by molar-refractivity contribution is 6.24. The van der Waals surface area contributed by atoms with Crippen LogP contribution in [0.15, 0.2) is 152 Å². The summed E-state index contributed by atoms with van der Waals surface area (Å²) in [6, 6.07) is 54.4. The quantitative estimate of drug-likeness (QED) is 0.231. The van der Waals surface area contributed by atoms with E-state index in [0.29, 0.717) is 0 Å². The highest BCUT2D eigenvalue weighted by atomic mass is 15.1.